The first-order valence-electron chi connectivity index (χ1n) is 5.64. The van der Waals surface area contributed by atoms with Gasteiger partial charge in [-0.05, 0) is 37.0 Å². The van der Waals surface area contributed by atoms with E-state index < -0.39 is 0 Å². The van der Waals surface area contributed by atoms with Gasteiger partial charge in [0, 0.05) is 23.7 Å². The third-order valence-electron chi connectivity index (χ3n) is 3.01. The molecule has 0 spiro atoms. The zero-order valence-electron chi connectivity index (χ0n) is 10.1. The summed E-state index contributed by atoms with van der Waals surface area (Å²) < 4.78 is 1.15. The number of halogens is 1. The van der Waals surface area contributed by atoms with Crippen molar-refractivity contribution < 1.29 is 5.11 Å². The molecule has 0 fully saturated rings. The van der Waals surface area contributed by atoms with Crippen LogP contribution in [0.15, 0.2) is 22.7 Å². The molecule has 1 aromatic carbocycles. The van der Waals surface area contributed by atoms with Gasteiger partial charge in [-0.1, -0.05) is 35.0 Å². The largest absolute Gasteiger partial charge is 0.396 e. The Kier molecular flexibility index (Phi) is 5.46. The molecule has 2 atom stereocenters. The molecule has 0 bridgehead atoms. The van der Waals surface area contributed by atoms with E-state index in [4.69, 9.17) is 5.11 Å². The molecule has 0 aromatic heterocycles. The van der Waals surface area contributed by atoms with Gasteiger partial charge in [0.1, 0.15) is 0 Å². The van der Waals surface area contributed by atoms with Crippen LogP contribution in [0.3, 0.4) is 0 Å². The van der Waals surface area contributed by atoms with Crippen molar-refractivity contribution in [1.82, 2.24) is 5.32 Å². The fourth-order valence-corrected chi connectivity index (χ4v) is 1.81. The van der Waals surface area contributed by atoms with Crippen LogP contribution < -0.4 is 5.32 Å². The Morgan fingerprint density at radius 2 is 2.06 bits per heavy atom. The van der Waals surface area contributed by atoms with Crippen molar-refractivity contribution in [3.8, 4) is 0 Å². The van der Waals surface area contributed by atoms with E-state index in [1.54, 1.807) is 0 Å². The third-order valence-corrected chi connectivity index (χ3v) is 3.86. The highest BCUT2D eigenvalue weighted by molar-refractivity contribution is 9.10. The molecule has 0 radical (unpaired) electrons. The van der Waals surface area contributed by atoms with Crippen LogP contribution in [0.2, 0.25) is 0 Å². The predicted octanol–water partition coefficient (Wildman–Crippen LogP) is 2.86. The first kappa shape index (κ1) is 13.7. The SMILES string of the molecule is Cc1ccc(CNC(C)C(C)CO)cc1Br. The number of benzene rings is 1. The van der Waals surface area contributed by atoms with Crippen LogP contribution in [-0.2, 0) is 6.54 Å². The molecular weight excluding hydrogens is 266 g/mol. The second-order valence-electron chi connectivity index (χ2n) is 4.41. The highest BCUT2D eigenvalue weighted by Gasteiger charge is 2.10. The molecule has 0 aliphatic carbocycles. The summed E-state index contributed by atoms with van der Waals surface area (Å²) in [4.78, 5) is 0. The van der Waals surface area contributed by atoms with Crippen molar-refractivity contribution in [1.29, 1.82) is 0 Å². The average Bonchev–Trinajstić information content (AvgIpc) is 2.29. The summed E-state index contributed by atoms with van der Waals surface area (Å²) in [7, 11) is 0. The molecule has 1 aromatic rings. The number of nitrogens with one attached hydrogen (secondary N) is 1. The molecule has 90 valence electrons. The van der Waals surface area contributed by atoms with Crippen LogP contribution in [-0.4, -0.2) is 17.8 Å². The standard InChI is InChI=1S/C13H20BrNO/c1-9-4-5-12(6-13(9)14)7-15-11(3)10(2)8-16/h4-6,10-11,15-16H,7-8H2,1-3H3. The van der Waals surface area contributed by atoms with Gasteiger partial charge in [0.2, 0.25) is 0 Å². The molecule has 1 rings (SSSR count). The van der Waals surface area contributed by atoms with E-state index in [-0.39, 0.29) is 12.5 Å². The topological polar surface area (TPSA) is 32.3 Å². The highest BCUT2D eigenvalue weighted by atomic mass is 79.9. The summed E-state index contributed by atoms with van der Waals surface area (Å²) in [5, 5.41) is 12.5. The van der Waals surface area contributed by atoms with Crippen molar-refractivity contribution in [2.75, 3.05) is 6.61 Å². The minimum absolute atomic E-state index is 0.228. The Hall–Kier alpha value is -0.380. The van der Waals surface area contributed by atoms with Crippen LogP contribution in [0.4, 0.5) is 0 Å². The molecular formula is C13H20BrNO. The van der Waals surface area contributed by atoms with Crippen LogP contribution in [0.5, 0.6) is 0 Å². The fourth-order valence-electron chi connectivity index (χ4n) is 1.38. The summed E-state index contributed by atoms with van der Waals surface area (Å²) in [5.41, 5.74) is 2.51. The number of aliphatic hydroxyl groups is 1. The Morgan fingerprint density at radius 1 is 1.38 bits per heavy atom. The number of aliphatic hydroxyl groups excluding tert-OH is 1. The quantitative estimate of drug-likeness (QED) is 0.872. The Morgan fingerprint density at radius 3 is 2.62 bits per heavy atom. The van der Waals surface area contributed by atoms with Crippen molar-refractivity contribution >= 4 is 15.9 Å². The summed E-state index contributed by atoms with van der Waals surface area (Å²) in [6.45, 7) is 7.29. The monoisotopic (exact) mass is 285 g/mol. The van der Waals surface area contributed by atoms with E-state index in [0.717, 1.165) is 11.0 Å². The van der Waals surface area contributed by atoms with Gasteiger partial charge in [-0.2, -0.15) is 0 Å². The van der Waals surface area contributed by atoms with E-state index in [2.05, 4.69) is 53.3 Å². The first-order valence-corrected chi connectivity index (χ1v) is 6.43. The van der Waals surface area contributed by atoms with Gasteiger partial charge in [0.25, 0.3) is 0 Å². The number of rotatable bonds is 5. The van der Waals surface area contributed by atoms with E-state index in [1.807, 2.05) is 6.92 Å². The maximum Gasteiger partial charge on any atom is 0.0471 e. The lowest BCUT2D eigenvalue weighted by Crippen LogP contribution is -2.33. The molecule has 3 heteroatoms. The summed E-state index contributed by atoms with van der Waals surface area (Å²) >= 11 is 3.53. The van der Waals surface area contributed by atoms with Crippen molar-refractivity contribution in [2.45, 2.75) is 33.4 Å². The molecule has 0 amide bonds. The fraction of sp³-hybridized carbons (Fsp3) is 0.538. The first-order chi connectivity index (χ1) is 7.54. The summed E-state index contributed by atoms with van der Waals surface area (Å²) in [6, 6.07) is 6.70. The Balaban J connectivity index is 2.51. The van der Waals surface area contributed by atoms with Gasteiger partial charge in [-0.15, -0.1) is 0 Å². The molecule has 2 unspecified atom stereocenters. The second-order valence-corrected chi connectivity index (χ2v) is 5.27. The third kappa shape index (κ3) is 3.89. The van der Waals surface area contributed by atoms with Crippen LogP contribution in [0, 0.1) is 12.8 Å². The van der Waals surface area contributed by atoms with Gasteiger partial charge < -0.3 is 10.4 Å². The Labute approximate surface area is 106 Å². The van der Waals surface area contributed by atoms with Gasteiger partial charge >= 0.3 is 0 Å². The maximum absolute atomic E-state index is 9.04. The molecule has 0 aliphatic heterocycles. The Bertz CT molecular complexity index is 341. The molecule has 0 aliphatic rings. The minimum Gasteiger partial charge on any atom is -0.396 e. The second kappa shape index (κ2) is 6.38. The predicted molar refractivity (Wildman–Crippen MR) is 71.4 cm³/mol. The van der Waals surface area contributed by atoms with Crippen molar-refractivity contribution in [2.24, 2.45) is 5.92 Å². The van der Waals surface area contributed by atoms with E-state index in [0.29, 0.717) is 6.04 Å². The summed E-state index contributed by atoms with van der Waals surface area (Å²) in [5.74, 6) is 0.286. The number of aryl methyl sites for hydroxylation is 1. The molecule has 2 nitrogen and oxygen atoms in total. The van der Waals surface area contributed by atoms with Crippen LogP contribution in [0.1, 0.15) is 25.0 Å². The lowest BCUT2D eigenvalue weighted by atomic mass is 10.0. The zero-order valence-corrected chi connectivity index (χ0v) is 11.7. The van der Waals surface area contributed by atoms with Crippen molar-refractivity contribution in [3.63, 3.8) is 0 Å². The molecule has 0 heterocycles. The van der Waals surface area contributed by atoms with Gasteiger partial charge in [0.05, 0.1) is 0 Å². The lowest BCUT2D eigenvalue weighted by Gasteiger charge is -2.19. The molecule has 2 N–H and O–H groups in total. The van der Waals surface area contributed by atoms with Gasteiger partial charge in [0.15, 0.2) is 0 Å². The maximum atomic E-state index is 9.04. The lowest BCUT2D eigenvalue weighted by molar-refractivity contribution is 0.207. The van der Waals surface area contributed by atoms with Gasteiger partial charge in [-0.25, -0.2) is 0 Å². The average molecular weight is 286 g/mol. The normalized spacial score (nSPS) is 14.8. The number of hydrogen-bond acceptors (Lipinski definition) is 2. The highest BCUT2D eigenvalue weighted by Crippen LogP contribution is 2.17. The van der Waals surface area contributed by atoms with Crippen LogP contribution >= 0.6 is 15.9 Å². The van der Waals surface area contributed by atoms with Crippen molar-refractivity contribution in [3.05, 3.63) is 33.8 Å². The van der Waals surface area contributed by atoms with E-state index in [1.165, 1.54) is 11.1 Å². The summed E-state index contributed by atoms with van der Waals surface area (Å²) in [6.07, 6.45) is 0. The van der Waals surface area contributed by atoms with E-state index in [9.17, 15) is 0 Å². The zero-order chi connectivity index (χ0) is 12.1. The van der Waals surface area contributed by atoms with Crippen LogP contribution in [0.25, 0.3) is 0 Å². The molecule has 0 saturated heterocycles. The molecule has 0 saturated carbocycles. The smallest absolute Gasteiger partial charge is 0.0471 e. The van der Waals surface area contributed by atoms with Gasteiger partial charge in [-0.3, -0.25) is 0 Å². The number of hydrogen-bond donors (Lipinski definition) is 2. The minimum atomic E-state index is 0.228. The molecule has 16 heavy (non-hydrogen) atoms. The van der Waals surface area contributed by atoms with E-state index >= 15 is 0 Å².